The molecule has 1 saturated carbocycles. The Morgan fingerprint density at radius 2 is 1.92 bits per heavy atom. The van der Waals surface area contributed by atoms with Crippen molar-refractivity contribution in [2.24, 2.45) is 0 Å². The standard InChI is InChI=1S/C21H27ClN2O/c1-17-8-5-6-9-18(17)15-23-13-7-12-20(23)16-24(21(25)14-22)19-10-3-2-4-11-19/h5-9,12-13,19H,2-4,10-11,14-16H2,1H3. The van der Waals surface area contributed by atoms with E-state index in [1.54, 1.807) is 0 Å². The molecule has 4 heteroatoms. The third kappa shape index (κ3) is 4.46. The van der Waals surface area contributed by atoms with Gasteiger partial charge in [0.15, 0.2) is 0 Å². The highest BCUT2D eigenvalue weighted by molar-refractivity contribution is 6.27. The van der Waals surface area contributed by atoms with Gasteiger partial charge in [0.2, 0.25) is 5.91 Å². The lowest BCUT2D eigenvalue weighted by Crippen LogP contribution is -2.42. The number of alkyl halides is 1. The average Bonchev–Trinajstić information content (AvgIpc) is 3.08. The minimum absolute atomic E-state index is 0.0530. The fourth-order valence-electron chi connectivity index (χ4n) is 3.78. The van der Waals surface area contributed by atoms with E-state index in [9.17, 15) is 4.79 Å². The van der Waals surface area contributed by atoms with Crippen LogP contribution in [0.2, 0.25) is 0 Å². The summed E-state index contributed by atoms with van der Waals surface area (Å²) in [4.78, 5) is 14.5. The maximum Gasteiger partial charge on any atom is 0.238 e. The normalized spacial score (nSPS) is 15.3. The van der Waals surface area contributed by atoms with E-state index in [1.807, 2.05) is 4.90 Å². The SMILES string of the molecule is Cc1ccccc1Cn1cccc1CN(C(=O)CCl)C1CCCCC1. The van der Waals surface area contributed by atoms with E-state index in [4.69, 9.17) is 11.6 Å². The molecule has 0 saturated heterocycles. The zero-order valence-corrected chi connectivity index (χ0v) is 15.7. The number of aromatic nitrogens is 1. The molecule has 1 aliphatic rings. The second-order valence-electron chi connectivity index (χ2n) is 7.00. The van der Waals surface area contributed by atoms with Crippen LogP contribution >= 0.6 is 11.6 Å². The molecule has 0 radical (unpaired) electrons. The van der Waals surface area contributed by atoms with Crippen LogP contribution in [-0.4, -0.2) is 27.3 Å². The van der Waals surface area contributed by atoms with Crippen LogP contribution in [0.3, 0.4) is 0 Å². The molecule has 0 spiro atoms. The van der Waals surface area contributed by atoms with Crippen LogP contribution < -0.4 is 0 Å². The molecule has 1 aromatic heterocycles. The number of hydrogen-bond acceptors (Lipinski definition) is 1. The summed E-state index contributed by atoms with van der Waals surface area (Å²) in [7, 11) is 0. The first-order chi connectivity index (χ1) is 12.2. The van der Waals surface area contributed by atoms with Crippen molar-refractivity contribution in [1.29, 1.82) is 0 Å². The van der Waals surface area contributed by atoms with Crippen molar-refractivity contribution in [3.05, 3.63) is 59.4 Å². The third-order valence-corrected chi connectivity index (χ3v) is 5.54. The van der Waals surface area contributed by atoms with Crippen molar-refractivity contribution in [1.82, 2.24) is 9.47 Å². The second kappa shape index (κ2) is 8.57. The monoisotopic (exact) mass is 358 g/mol. The van der Waals surface area contributed by atoms with Gasteiger partial charge < -0.3 is 9.47 Å². The Morgan fingerprint density at radius 3 is 2.64 bits per heavy atom. The summed E-state index contributed by atoms with van der Waals surface area (Å²) in [6, 6.07) is 13.0. The molecule has 1 fully saturated rings. The van der Waals surface area contributed by atoms with E-state index in [2.05, 4.69) is 54.1 Å². The molecule has 134 valence electrons. The Balaban J connectivity index is 1.77. The van der Waals surface area contributed by atoms with Gasteiger partial charge in [0.1, 0.15) is 5.88 Å². The molecular formula is C21H27ClN2O. The number of benzene rings is 1. The summed E-state index contributed by atoms with van der Waals surface area (Å²) in [5.41, 5.74) is 3.78. The fraction of sp³-hybridized carbons (Fsp3) is 0.476. The maximum absolute atomic E-state index is 12.4. The highest BCUT2D eigenvalue weighted by atomic mass is 35.5. The molecular weight excluding hydrogens is 332 g/mol. The van der Waals surface area contributed by atoms with E-state index < -0.39 is 0 Å². The average molecular weight is 359 g/mol. The summed E-state index contributed by atoms with van der Waals surface area (Å²) >= 11 is 5.90. The van der Waals surface area contributed by atoms with Crippen molar-refractivity contribution in [3.63, 3.8) is 0 Å². The molecule has 2 aromatic rings. The Hall–Kier alpha value is -1.74. The zero-order chi connectivity index (χ0) is 17.6. The minimum atomic E-state index is 0.0530. The van der Waals surface area contributed by atoms with Gasteiger partial charge >= 0.3 is 0 Å². The number of hydrogen-bond donors (Lipinski definition) is 0. The second-order valence-corrected chi connectivity index (χ2v) is 7.27. The van der Waals surface area contributed by atoms with Gasteiger partial charge in [-0.25, -0.2) is 0 Å². The number of carbonyl (C=O) groups is 1. The Bertz CT molecular complexity index is 703. The molecule has 1 aliphatic carbocycles. The number of aryl methyl sites for hydroxylation is 1. The number of amides is 1. The Kier molecular flexibility index (Phi) is 6.19. The highest BCUT2D eigenvalue weighted by Gasteiger charge is 2.25. The Labute approximate surface area is 155 Å². The van der Waals surface area contributed by atoms with Gasteiger partial charge in [-0.15, -0.1) is 11.6 Å². The molecule has 3 nitrogen and oxygen atoms in total. The van der Waals surface area contributed by atoms with Crippen molar-refractivity contribution < 1.29 is 4.79 Å². The molecule has 1 amide bonds. The van der Waals surface area contributed by atoms with Crippen molar-refractivity contribution in [3.8, 4) is 0 Å². The maximum atomic E-state index is 12.4. The minimum Gasteiger partial charge on any atom is -0.345 e. The molecule has 1 heterocycles. The van der Waals surface area contributed by atoms with Crippen LogP contribution in [0.4, 0.5) is 0 Å². The summed E-state index contributed by atoms with van der Waals surface area (Å²) in [5.74, 6) is 0.117. The summed E-state index contributed by atoms with van der Waals surface area (Å²) in [6.07, 6.45) is 8.00. The molecule has 1 aromatic carbocycles. The quantitative estimate of drug-likeness (QED) is 0.684. The number of nitrogens with zero attached hydrogens (tertiary/aromatic N) is 2. The Morgan fingerprint density at radius 1 is 1.16 bits per heavy atom. The van der Waals surface area contributed by atoms with E-state index in [0.29, 0.717) is 12.6 Å². The molecule has 0 unspecified atom stereocenters. The molecule has 0 aliphatic heterocycles. The molecule has 3 rings (SSSR count). The van der Waals surface area contributed by atoms with Crippen LogP contribution in [-0.2, 0) is 17.9 Å². The van der Waals surface area contributed by atoms with Gasteiger partial charge in [0.05, 0.1) is 6.54 Å². The number of rotatable bonds is 6. The van der Waals surface area contributed by atoms with Gasteiger partial charge in [-0.05, 0) is 43.0 Å². The molecule has 0 atom stereocenters. The van der Waals surface area contributed by atoms with Gasteiger partial charge in [-0.2, -0.15) is 0 Å². The van der Waals surface area contributed by atoms with Crippen molar-refractivity contribution >= 4 is 17.5 Å². The zero-order valence-electron chi connectivity index (χ0n) is 15.0. The first-order valence-corrected chi connectivity index (χ1v) is 9.76. The fourth-order valence-corrected chi connectivity index (χ4v) is 3.94. The number of halogens is 1. The lowest BCUT2D eigenvalue weighted by Gasteiger charge is -2.34. The number of carbonyl (C=O) groups excluding carboxylic acids is 1. The van der Waals surface area contributed by atoms with Gasteiger partial charge in [-0.1, -0.05) is 43.5 Å². The van der Waals surface area contributed by atoms with Crippen molar-refractivity contribution in [2.45, 2.75) is 58.2 Å². The molecule has 25 heavy (non-hydrogen) atoms. The third-order valence-electron chi connectivity index (χ3n) is 5.31. The smallest absolute Gasteiger partial charge is 0.238 e. The van der Waals surface area contributed by atoms with Gasteiger partial charge in [0, 0.05) is 24.5 Å². The largest absolute Gasteiger partial charge is 0.345 e. The van der Waals surface area contributed by atoms with Crippen molar-refractivity contribution in [2.75, 3.05) is 5.88 Å². The van der Waals surface area contributed by atoms with Crippen LogP contribution in [0.1, 0.15) is 48.9 Å². The highest BCUT2D eigenvalue weighted by Crippen LogP contribution is 2.25. The summed E-state index contributed by atoms with van der Waals surface area (Å²) in [6.45, 7) is 3.63. The van der Waals surface area contributed by atoms with E-state index >= 15 is 0 Å². The van der Waals surface area contributed by atoms with Gasteiger partial charge in [0.25, 0.3) is 0 Å². The van der Waals surface area contributed by atoms with E-state index in [0.717, 1.165) is 19.4 Å². The van der Waals surface area contributed by atoms with Gasteiger partial charge in [-0.3, -0.25) is 4.79 Å². The first-order valence-electron chi connectivity index (χ1n) is 9.23. The summed E-state index contributed by atoms with van der Waals surface area (Å²) < 4.78 is 2.25. The summed E-state index contributed by atoms with van der Waals surface area (Å²) in [5, 5.41) is 0. The van der Waals surface area contributed by atoms with Crippen LogP contribution in [0.25, 0.3) is 0 Å². The lowest BCUT2D eigenvalue weighted by molar-refractivity contribution is -0.132. The molecule has 0 N–H and O–H groups in total. The van der Waals surface area contributed by atoms with Crippen LogP contribution in [0.15, 0.2) is 42.6 Å². The topological polar surface area (TPSA) is 25.2 Å². The van der Waals surface area contributed by atoms with Crippen LogP contribution in [0.5, 0.6) is 0 Å². The predicted octanol–water partition coefficient (Wildman–Crippen LogP) is 4.74. The van der Waals surface area contributed by atoms with Crippen LogP contribution in [0, 0.1) is 6.92 Å². The lowest BCUT2D eigenvalue weighted by atomic mass is 9.94. The van der Waals surface area contributed by atoms with E-state index in [1.165, 1.54) is 36.1 Å². The van der Waals surface area contributed by atoms with E-state index in [-0.39, 0.29) is 11.8 Å². The predicted molar refractivity (Wildman–Crippen MR) is 103 cm³/mol. The molecule has 0 bridgehead atoms. The first kappa shape index (κ1) is 18.1.